The molecule has 0 spiro atoms. The molecule has 1 aliphatic rings. The molecule has 2 heterocycles. The summed E-state index contributed by atoms with van der Waals surface area (Å²) >= 11 is 0. The number of aromatic nitrogens is 1. The van der Waals surface area contributed by atoms with Gasteiger partial charge in [-0.05, 0) is 49.9 Å². The van der Waals surface area contributed by atoms with Gasteiger partial charge in [0.15, 0.2) is 0 Å². The second-order valence-electron chi connectivity index (χ2n) is 7.21. The van der Waals surface area contributed by atoms with Crippen molar-refractivity contribution in [3.63, 3.8) is 0 Å². The summed E-state index contributed by atoms with van der Waals surface area (Å²) in [6.45, 7) is 4.15. The van der Waals surface area contributed by atoms with Crippen molar-refractivity contribution in [2.75, 3.05) is 18.5 Å². The average molecular weight is 434 g/mol. The predicted molar refractivity (Wildman–Crippen MR) is 113 cm³/mol. The highest BCUT2D eigenvalue weighted by Gasteiger charge is 2.40. The number of rotatable bonds is 7. The van der Waals surface area contributed by atoms with Gasteiger partial charge in [-0.1, -0.05) is 19.1 Å². The number of hydrogen-bond donors (Lipinski definition) is 1. The summed E-state index contributed by atoms with van der Waals surface area (Å²) in [7, 11) is -2.36. The first-order valence-electron chi connectivity index (χ1n) is 10.0. The lowest BCUT2D eigenvalue weighted by atomic mass is 10.1. The molecule has 1 aromatic heterocycles. The van der Waals surface area contributed by atoms with E-state index in [2.05, 4.69) is 5.32 Å². The quantitative estimate of drug-likeness (QED) is 0.677. The number of aryl methyl sites for hydroxylation is 2. The van der Waals surface area contributed by atoms with Gasteiger partial charge in [-0.15, -0.1) is 0 Å². The maximum absolute atomic E-state index is 13.2. The van der Waals surface area contributed by atoms with Gasteiger partial charge in [0.1, 0.15) is 16.6 Å². The number of anilines is 1. The average Bonchev–Trinajstić information content (AvgIpc) is 3.36. The van der Waals surface area contributed by atoms with E-state index in [1.54, 1.807) is 20.0 Å². The van der Waals surface area contributed by atoms with Crippen LogP contribution in [0.15, 0.2) is 41.4 Å². The molecule has 1 amide bonds. The molecule has 0 unspecified atom stereocenters. The van der Waals surface area contributed by atoms with Gasteiger partial charge in [0, 0.05) is 25.5 Å². The molecule has 162 valence electrons. The number of carbonyl (C=O) groups is 2. The molecule has 0 saturated carbocycles. The Kier molecular flexibility index (Phi) is 6.62. The number of ether oxygens (including phenoxy) is 1. The van der Waals surface area contributed by atoms with Gasteiger partial charge >= 0.3 is 5.97 Å². The first-order chi connectivity index (χ1) is 14.3. The summed E-state index contributed by atoms with van der Waals surface area (Å²) in [5.41, 5.74) is 1.87. The van der Waals surface area contributed by atoms with Crippen LogP contribution in [-0.2, 0) is 33.0 Å². The van der Waals surface area contributed by atoms with E-state index in [1.165, 1.54) is 21.1 Å². The molecule has 3 rings (SSSR count). The van der Waals surface area contributed by atoms with Crippen LogP contribution < -0.4 is 5.32 Å². The summed E-state index contributed by atoms with van der Waals surface area (Å²) in [6, 6.07) is 8.00. The Morgan fingerprint density at radius 3 is 2.70 bits per heavy atom. The molecule has 0 aliphatic carbocycles. The summed E-state index contributed by atoms with van der Waals surface area (Å²) < 4.78 is 34.1. The van der Waals surface area contributed by atoms with Crippen LogP contribution in [0.4, 0.5) is 5.69 Å². The van der Waals surface area contributed by atoms with Crippen molar-refractivity contribution >= 4 is 27.6 Å². The highest BCUT2D eigenvalue weighted by Crippen LogP contribution is 2.28. The zero-order chi connectivity index (χ0) is 21.9. The standard InChI is InChI=1S/C21H27N3O5S/c1-4-15-8-6-9-16(12-15)22-20(25)18-10-7-11-24(18)30(27,28)17-13-19(23(3)14-17)21(26)29-5-2/h6,8-9,12-14,18H,4-5,7,10-11H2,1-3H3,(H,22,25)/t18-/m1/s1. The van der Waals surface area contributed by atoms with Crippen LogP contribution in [0.5, 0.6) is 0 Å². The molecule has 30 heavy (non-hydrogen) atoms. The first-order valence-corrected chi connectivity index (χ1v) is 11.5. The summed E-state index contributed by atoms with van der Waals surface area (Å²) in [4.78, 5) is 24.9. The Labute approximate surface area is 176 Å². The molecule has 1 fully saturated rings. The third-order valence-electron chi connectivity index (χ3n) is 5.18. The fraction of sp³-hybridized carbons (Fsp3) is 0.429. The van der Waals surface area contributed by atoms with Gasteiger partial charge in [-0.3, -0.25) is 4.79 Å². The van der Waals surface area contributed by atoms with Gasteiger partial charge in [0.05, 0.1) is 6.61 Å². The van der Waals surface area contributed by atoms with Gasteiger partial charge in [-0.2, -0.15) is 4.31 Å². The van der Waals surface area contributed by atoms with Crippen molar-refractivity contribution in [3.8, 4) is 0 Å². The minimum Gasteiger partial charge on any atom is -0.461 e. The lowest BCUT2D eigenvalue weighted by molar-refractivity contribution is -0.119. The zero-order valence-electron chi connectivity index (χ0n) is 17.4. The maximum Gasteiger partial charge on any atom is 0.354 e. The fourth-order valence-corrected chi connectivity index (χ4v) is 5.33. The number of nitrogens with zero attached hydrogens (tertiary/aromatic N) is 2. The van der Waals surface area contributed by atoms with Crippen LogP contribution in [0.1, 0.15) is 42.7 Å². The first kappa shape index (κ1) is 22.0. The number of benzene rings is 1. The van der Waals surface area contributed by atoms with Gasteiger partial charge in [0.2, 0.25) is 15.9 Å². The fourth-order valence-electron chi connectivity index (χ4n) is 3.60. The molecule has 8 nitrogen and oxygen atoms in total. The minimum absolute atomic E-state index is 0.0271. The molecule has 1 aromatic carbocycles. The lowest BCUT2D eigenvalue weighted by Gasteiger charge is -2.23. The summed E-state index contributed by atoms with van der Waals surface area (Å²) in [5, 5.41) is 2.84. The lowest BCUT2D eigenvalue weighted by Crippen LogP contribution is -2.43. The number of esters is 1. The van der Waals surface area contributed by atoms with Crippen LogP contribution in [-0.4, -0.2) is 48.4 Å². The van der Waals surface area contributed by atoms with E-state index in [0.29, 0.717) is 18.5 Å². The summed E-state index contributed by atoms with van der Waals surface area (Å²) in [6.07, 6.45) is 3.24. The molecular weight excluding hydrogens is 406 g/mol. The molecule has 1 saturated heterocycles. The third-order valence-corrected chi connectivity index (χ3v) is 7.05. The van der Waals surface area contributed by atoms with E-state index in [9.17, 15) is 18.0 Å². The van der Waals surface area contributed by atoms with Crippen LogP contribution in [0.3, 0.4) is 0 Å². The van der Waals surface area contributed by atoms with Gasteiger partial charge in [-0.25, -0.2) is 13.2 Å². The van der Waals surface area contributed by atoms with Crippen LogP contribution in [0, 0.1) is 0 Å². The Morgan fingerprint density at radius 2 is 2.00 bits per heavy atom. The Bertz CT molecular complexity index is 1040. The number of amides is 1. The van der Waals surface area contributed by atoms with Crippen molar-refractivity contribution in [2.24, 2.45) is 7.05 Å². The molecule has 2 aromatic rings. The Balaban J connectivity index is 1.82. The van der Waals surface area contributed by atoms with E-state index in [1.807, 2.05) is 25.1 Å². The topological polar surface area (TPSA) is 97.7 Å². The van der Waals surface area contributed by atoms with E-state index in [0.717, 1.165) is 12.0 Å². The second-order valence-corrected chi connectivity index (χ2v) is 9.10. The SMILES string of the molecule is CCOC(=O)c1cc(S(=O)(=O)N2CCC[C@@H]2C(=O)Nc2cccc(CC)c2)cn1C. The van der Waals surface area contributed by atoms with Crippen LogP contribution >= 0.6 is 0 Å². The molecular formula is C21H27N3O5S. The largest absolute Gasteiger partial charge is 0.461 e. The Hall–Kier alpha value is -2.65. The second kappa shape index (κ2) is 9.01. The third kappa shape index (κ3) is 4.41. The minimum atomic E-state index is -3.94. The maximum atomic E-state index is 13.2. The van der Waals surface area contributed by atoms with Crippen molar-refractivity contribution in [1.29, 1.82) is 0 Å². The highest BCUT2D eigenvalue weighted by molar-refractivity contribution is 7.89. The van der Waals surface area contributed by atoms with Crippen molar-refractivity contribution in [1.82, 2.24) is 8.87 Å². The molecule has 1 atom stereocenters. The molecule has 1 N–H and O–H groups in total. The van der Waals surface area contributed by atoms with Crippen LogP contribution in [0.2, 0.25) is 0 Å². The molecule has 9 heteroatoms. The van der Waals surface area contributed by atoms with E-state index >= 15 is 0 Å². The monoisotopic (exact) mass is 433 g/mol. The smallest absolute Gasteiger partial charge is 0.354 e. The molecule has 0 bridgehead atoms. The van der Waals surface area contributed by atoms with Gasteiger partial charge < -0.3 is 14.6 Å². The number of sulfonamides is 1. The van der Waals surface area contributed by atoms with Gasteiger partial charge in [0.25, 0.3) is 0 Å². The predicted octanol–water partition coefficient (Wildman–Crippen LogP) is 2.56. The number of carbonyl (C=O) groups excluding carboxylic acids is 2. The summed E-state index contributed by atoms with van der Waals surface area (Å²) in [5.74, 6) is -0.946. The van der Waals surface area contributed by atoms with Crippen molar-refractivity contribution < 1.29 is 22.7 Å². The zero-order valence-corrected chi connectivity index (χ0v) is 18.2. The Morgan fingerprint density at radius 1 is 1.23 bits per heavy atom. The normalized spacial score (nSPS) is 17.1. The van der Waals surface area contributed by atoms with E-state index in [-0.39, 0.29) is 29.6 Å². The molecule has 0 radical (unpaired) electrons. The van der Waals surface area contributed by atoms with Crippen molar-refractivity contribution in [2.45, 2.75) is 44.0 Å². The highest BCUT2D eigenvalue weighted by atomic mass is 32.2. The molecule has 1 aliphatic heterocycles. The van der Waals surface area contributed by atoms with E-state index in [4.69, 9.17) is 4.74 Å². The van der Waals surface area contributed by atoms with E-state index < -0.39 is 22.0 Å². The number of nitrogens with one attached hydrogen (secondary N) is 1. The van der Waals surface area contributed by atoms with Crippen LogP contribution in [0.25, 0.3) is 0 Å². The number of hydrogen-bond acceptors (Lipinski definition) is 5. The van der Waals surface area contributed by atoms with Crippen molar-refractivity contribution in [3.05, 3.63) is 47.8 Å².